The lowest BCUT2D eigenvalue weighted by Gasteiger charge is -2.09. The van der Waals surface area contributed by atoms with Gasteiger partial charge in [0.25, 0.3) is 0 Å². The van der Waals surface area contributed by atoms with E-state index in [0.29, 0.717) is 23.6 Å². The summed E-state index contributed by atoms with van der Waals surface area (Å²) in [5.74, 6) is -2.62. The van der Waals surface area contributed by atoms with Crippen molar-refractivity contribution < 1.29 is 27.8 Å². The number of halogens is 2. The van der Waals surface area contributed by atoms with E-state index in [2.05, 4.69) is 41.6 Å². The van der Waals surface area contributed by atoms with Crippen molar-refractivity contribution in [3.8, 4) is 17.2 Å². The molecule has 1 amide bonds. The van der Waals surface area contributed by atoms with Crippen LogP contribution in [-0.2, 0) is 20.7 Å². The van der Waals surface area contributed by atoms with E-state index in [4.69, 9.17) is 9.05 Å². The third kappa shape index (κ3) is 4.88. The summed E-state index contributed by atoms with van der Waals surface area (Å²) in [6, 6.07) is 3.98. The molecule has 170 valence electrons. The van der Waals surface area contributed by atoms with E-state index in [1.54, 1.807) is 6.92 Å². The Morgan fingerprint density at radius 3 is 2.69 bits per heavy atom. The van der Waals surface area contributed by atoms with Crippen LogP contribution in [0.5, 0.6) is 0 Å². The summed E-state index contributed by atoms with van der Waals surface area (Å²) in [5, 5.41) is 13.3. The van der Waals surface area contributed by atoms with Crippen molar-refractivity contribution in [3.63, 3.8) is 0 Å². The molecule has 0 aliphatic rings. The minimum absolute atomic E-state index is 0.0371. The number of nitrogens with zero attached hydrogens (tertiary/aromatic N) is 3. The molecule has 0 spiro atoms. The van der Waals surface area contributed by atoms with E-state index in [1.807, 2.05) is 6.92 Å². The van der Waals surface area contributed by atoms with E-state index in [9.17, 15) is 18.8 Å². The SMILES string of the molecule is CCOC(=O)C(=O)NCCNc1c(-c2noc(=O)n2-c2ccc(F)c(Br)c2)noc1CC. The first-order valence-electron chi connectivity index (χ1n) is 9.59. The normalized spacial score (nSPS) is 10.8. The minimum atomic E-state index is -0.968. The van der Waals surface area contributed by atoms with Crippen LogP contribution in [0.2, 0.25) is 0 Å². The average molecular weight is 512 g/mol. The van der Waals surface area contributed by atoms with Gasteiger partial charge in [0.05, 0.1) is 16.8 Å². The Bertz CT molecular complexity index is 1190. The molecular formula is C19H19BrFN5O6. The van der Waals surface area contributed by atoms with Gasteiger partial charge < -0.3 is 19.9 Å². The van der Waals surface area contributed by atoms with Gasteiger partial charge in [0, 0.05) is 19.5 Å². The second-order valence-corrected chi connectivity index (χ2v) is 7.15. The van der Waals surface area contributed by atoms with E-state index < -0.39 is 23.4 Å². The van der Waals surface area contributed by atoms with Gasteiger partial charge in [-0.3, -0.25) is 9.32 Å². The summed E-state index contributed by atoms with van der Waals surface area (Å²) in [7, 11) is 0. The molecule has 3 aromatic rings. The minimum Gasteiger partial charge on any atom is -0.459 e. The number of rotatable bonds is 8. The van der Waals surface area contributed by atoms with E-state index >= 15 is 0 Å². The number of aromatic nitrogens is 3. The monoisotopic (exact) mass is 511 g/mol. The Morgan fingerprint density at radius 2 is 2.00 bits per heavy atom. The van der Waals surface area contributed by atoms with Crippen molar-refractivity contribution in [2.75, 3.05) is 25.0 Å². The van der Waals surface area contributed by atoms with Gasteiger partial charge in [0.15, 0.2) is 11.5 Å². The molecule has 2 aromatic heterocycles. The summed E-state index contributed by atoms with van der Waals surface area (Å²) in [5.41, 5.74) is 0.916. The first-order valence-corrected chi connectivity index (χ1v) is 10.4. The van der Waals surface area contributed by atoms with Crippen molar-refractivity contribution in [1.82, 2.24) is 20.2 Å². The molecule has 2 heterocycles. The van der Waals surface area contributed by atoms with Crippen molar-refractivity contribution in [2.24, 2.45) is 0 Å². The fourth-order valence-electron chi connectivity index (χ4n) is 2.78. The fourth-order valence-corrected chi connectivity index (χ4v) is 3.15. The summed E-state index contributed by atoms with van der Waals surface area (Å²) >= 11 is 3.09. The van der Waals surface area contributed by atoms with Crippen molar-refractivity contribution in [2.45, 2.75) is 20.3 Å². The fraction of sp³-hybridized carbons (Fsp3) is 0.316. The molecule has 2 N–H and O–H groups in total. The average Bonchev–Trinajstić information content (AvgIpc) is 3.35. The van der Waals surface area contributed by atoms with Gasteiger partial charge in [0.1, 0.15) is 11.5 Å². The predicted molar refractivity (Wildman–Crippen MR) is 113 cm³/mol. The van der Waals surface area contributed by atoms with Crippen LogP contribution in [0.15, 0.2) is 36.5 Å². The molecule has 0 radical (unpaired) electrons. The van der Waals surface area contributed by atoms with Crippen LogP contribution in [0.1, 0.15) is 19.6 Å². The Hall–Kier alpha value is -3.48. The highest BCUT2D eigenvalue weighted by Crippen LogP contribution is 2.31. The maximum atomic E-state index is 13.6. The van der Waals surface area contributed by atoms with Crippen molar-refractivity contribution in [1.29, 1.82) is 0 Å². The summed E-state index contributed by atoms with van der Waals surface area (Å²) in [6.45, 7) is 3.84. The molecule has 13 heteroatoms. The first kappa shape index (κ1) is 23.2. The molecule has 32 heavy (non-hydrogen) atoms. The van der Waals surface area contributed by atoms with Gasteiger partial charge in [-0.25, -0.2) is 18.5 Å². The number of hydrogen-bond donors (Lipinski definition) is 2. The summed E-state index contributed by atoms with van der Waals surface area (Å²) in [4.78, 5) is 35.3. The third-order valence-electron chi connectivity index (χ3n) is 4.23. The van der Waals surface area contributed by atoms with Crippen LogP contribution in [0, 0.1) is 5.82 Å². The number of benzene rings is 1. The third-order valence-corrected chi connectivity index (χ3v) is 4.84. The largest absolute Gasteiger partial charge is 0.459 e. The zero-order chi connectivity index (χ0) is 23.3. The molecule has 0 saturated carbocycles. The summed E-state index contributed by atoms with van der Waals surface area (Å²) < 4.78 is 29.7. The zero-order valence-corrected chi connectivity index (χ0v) is 18.7. The molecule has 0 bridgehead atoms. The molecule has 1 aromatic carbocycles. The van der Waals surface area contributed by atoms with Gasteiger partial charge in [-0.15, -0.1) is 0 Å². The molecular weight excluding hydrogens is 493 g/mol. The van der Waals surface area contributed by atoms with Crippen LogP contribution in [0.25, 0.3) is 17.2 Å². The molecule has 11 nitrogen and oxygen atoms in total. The van der Waals surface area contributed by atoms with Gasteiger partial charge in [0.2, 0.25) is 5.82 Å². The Labute approximate surface area is 189 Å². The number of nitrogens with one attached hydrogen (secondary N) is 2. The smallest absolute Gasteiger partial charge is 0.446 e. The summed E-state index contributed by atoms with van der Waals surface area (Å²) in [6.07, 6.45) is 0.467. The molecule has 0 atom stereocenters. The molecule has 3 rings (SSSR count). The van der Waals surface area contributed by atoms with Crippen LogP contribution < -0.4 is 16.4 Å². The second-order valence-electron chi connectivity index (χ2n) is 6.29. The molecule has 0 aliphatic carbocycles. The quantitative estimate of drug-likeness (QED) is 0.264. The lowest BCUT2D eigenvalue weighted by molar-refractivity contribution is -0.154. The first-order chi connectivity index (χ1) is 15.4. The van der Waals surface area contributed by atoms with Gasteiger partial charge >= 0.3 is 17.6 Å². The number of carbonyl (C=O) groups is 2. The van der Waals surface area contributed by atoms with Crippen molar-refractivity contribution in [3.05, 3.63) is 44.8 Å². The van der Waals surface area contributed by atoms with Crippen LogP contribution in [0.3, 0.4) is 0 Å². The van der Waals surface area contributed by atoms with E-state index in [1.165, 1.54) is 18.2 Å². The van der Waals surface area contributed by atoms with Crippen LogP contribution >= 0.6 is 15.9 Å². The van der Waals surface area contributed by atoms with Crippen molar-refractivity contribution >= 4 is 33.5 Å². The van der Waals surface area contributed by atoms with Gasteiger partial charge in [-0.1, -0.05) is 17.2 Å². The lowest BCUT2D eigenvalue weighted by Crippen LogP contribution is -2.35. The Balaban J connectivity index is 1.84. The number of amides is 1. The van der Waals surface area contributed by atoms with Gasteiger partial charge in [-0.2, -0.15) is 0 Å². The molecule has 0 fully saturated rings. The van der Waals surface area contributed by atoms with E-state index in [-0.39, 0.29) is 35.7 Å². The molecule has 0 saturated heterocycles. The number of hydrogen-bond acceptors (Lipinski definition) is 9. The highest BCUT2D eigenvalue weighted by Gasteiger charge is 2.24. The van der Waals surface area contributed by atoms with Crippen LogP contribution in [0.4, 0.5) is 10.1 Å². The number of anilines is 1. The Kier molecular flexibility index (Phi) is 7.41. The number of aryl methyl sites for hydroxylation is 1. The molecule has 0 aliphatic heterocycles. The topological polar surface area (TPSA) is 141 Å². The Morgan fingerprint density at radius 1 is 1.22 bits per heavy atom. The number of carbonyl (C=O) groups excluding carboxylic acids is 2. The maximum Gasteiger partial charge on any atom is 0.446 e. The van der Waals surface area contributed by atoms with Gasteiger partial charge in [-0.05, 0) is 41.1 Å². The second kappa shape index (κ2) is 10.2. The highest BCUT2D eigenvalue weighted by molar-refractivity contribution is 9.10. The highest BCUT2D eigenvalue weighted by atomic mass is 79.9. The maximum absolute atomic E-state index is 13.6. The van der Waals surface area contributed by atoms with E-state index in [0.717, 1.165) is 4.57 Å². The number of esters is 1. The predicted octanol–water partition coefficient (Wildman–Crippen LogP) is 2.04. The lowest BCUT2D eigenvalue weighted by atomic mass is 10.2. The standard InChI is InChI=1S/C19H19BrFN5O6/c1-3-13-14(22-7-8-23-17(27)18(28)30-4-2)15(24-31-13)16-25-32-19(29)26(16)10-5-6-12(21)11(20)9-10/h5-6,9,22H,3-4,7-8H2,1-2H3,(H,23,27). The number of ether oxygens (including phenoxy) is 1. The molecule has 0 unspecified atom stereocenters. The zero-order valence-electron chi connectivity index (χ0n) is 17.1. The van der Waals surface area contributed by atoms with Crippen LogP contribution in [-0.4, -0.2) is 46.5 Å².